The highest BCUT2D eigenvalue weighted by Gasteiger charge is 2.16. The van der Waals surface area contributed by atoms with Crippen LogP contribution in [-0.4, -0.2) is 37.5 Å². The summed E-state index contributed by atoms with van der Waals surface area (Å²) in [6, 6.07) is 0. The highest BCUT2D eigenvalue weighted by molar-refractivity contribution is 5.78. The van der Waals surface area contributed by atoms with Gasteiger partial charge in [-0.1, -0.05) is 6.92 Å². The Hall–Kier alpha value is -0.570. The van der Waals surface area contributed by atoms with Crippen LogP contribution in [0, 0.1) is 11.3 Å². The maximum atomic E-state index is 7.80. The van der Waals surface area contributed by atoms with Crippen molar-refractivity contribution in [2.75, 3.05) is 26.8 Å². The van der Waals surface area contributed by atoms with Crippen molar-refractivity contribution in [1.82, 2.24) is 4.90 Å². The van der Waals surface area contributed by atoms with Crippen molar-refractivity contribution in [2.24, 2.45) is 5.92 Å². The molecule has 14 heavy (non-hydrogen) atoms. The smallest absolute Gasteiger partial charge is 0.0955 e. The zero-order valence-electron chi connectivity index (χ0n) is 9.38. The molecule has 0 bridgehead atoms. The van der Waals surface area contributed by atoms with Gasteiger partial charge in [-0.25, -0.2) is 0 Å². The lowest BCUT2D eigenvalue weighted by molar-refractivity contribution is 0.0483. The van der Waals surface area contributed by atoms with Crippen LogP contribution in [-0.2, 0) is 4.74 Å². The Morgan fingerprint density at radius 3 is 2.93 bits per heavy atom. The molecule has 1 atom stereocenters. The average Bonchev–Trinajstić information content (AvgIpc) is 2.19. The van der Waals surface area contributed by atoms with Gasteiger partial charge in [0.2, 0.25) is 0 Å². The van der Waals surface area contributed by atoms with Crippen molar-refractivity contribution in [3.8, 4) is 0 Å². The van der Waals surface area contributed by atoms with Gasteiger partial charge >= 0.3 is 0 Å². The molecule has 0 aromatic heterocycles. The molecule has 1 heterocycles. The third-order valence-electron chi connectivity index (χ3n) is 2.73. The molecule has 1 fully saturated rings. The molecule has 3 nitrogen and oxygen atoms in total. The first-order chi connectivity index (χ1) is 6.74. The van der Waals surface area contributed by atoms with Gasteiger partial charge in [0.25, 0.3) is 0 Å². The Morgan fingerprint density at radius 2 is 2.36 bits per heavy atom. The molecule has 0 aromatic carbocycles. The summed E-state index contributed by atoms with van der Waals surface area (Å²) in [6.07, 6.45) is 4.39. The second kappa shape index (κ2) is 6.02. The molecule has 1 N–H and O–H groups in total. The highest BCUT2D eigenvalue weighted by Crippen LogP contribution is 2.14. The molecule has 1 unspecified atom stereocenters. The van der Waals surface area contributed by atoms with E-state index in [4.69, 9.17) is 10.1 Å². The number of nitrogens with zero attached hydrogens (tertiary/aromatic N) is 1. The van der Waals surface area contributed by atoms with E-state index in [1.807, 2.05) is 7.05 Å². The standard InChI is InChI=1S/C11H22N2O/c1-3-5-11(12)13(2)8-10-6-4-7-14-9-10/h10,12H,3-9H2,1-2H3. The van der Waals surface area contributed by atoms with Crippen LogP contribution in [0.5, 0.6) is 0 Å². The number of hydrogen-bond acceptors (Lipinski definition) is 2. The van der Waals surface area contributed by atoms with Gasteiger partial charge in [0.05, 0.1) is 12.4 Å². The van der Waals surface area contributed by atoms with Crippen LogP contribution >= 0.6 is 0 Å². The van der Waals surface area contributed by atoms with Gasteiger partial charge in [0.15, 0.2) is 0 Å². The maximum absolute atomic E-state index is 7.80. The van der Waals surface area contributed by atoms with E-state index >= 15 is 0 Å². The Labute approximate surface area is 86.9 Å². The lowest BCUT2D eigenvalue weighted by Gasteiger charge is -2.28. The van der Waals surface area contributed by atoms with Crippen LogP contribution in [0.3, 0.4) is 0 Å². The number of nitrogens with one attached hydrogen (secondary N) is 1. The fourth-order valence-electron chi connectivity index (χ4n) is 1.88. The first-order valence-electron chi connectivity index (χ1n) is 5.60. The summed E-state index contributed by atoms with van der Waals surface area (Å²) in [5, 5.41) is 7.80. The zero-order chi connectivity index (χ0) is 10.4. The summed E-state index contributed by atoms with van der Waals surface area (Å²) in [5.41, 5.74) is 0. The first kappa shape index (κ1) is 11.5. The van der Waals surface area contributed by atoms with Crippen molar-refractivity contribution in [3.05, 3.63) is 0 Å². The first-order valence-corrected chi connectivity index (χ1v) is 5.60. The molecule has 0 radical (unpaired) electrons. The van der Waals surface area contributed by atoms with E-state index in [0.29, 0.717) is 5.92 Å². The summed E-state index contributed by atoms with van der Waals surface area (Å²) in [6.45, 7) is 4.90. The molecule has 1 aliphatic heterocycles. The lowest BCUT2D eigenvalue weighted by Crippen LogP contribution is -2.34. The zero-order valence-corrected chi connectivity index (χ0v) is 9.38. The quantitative estimate of drug-likeness (QED) is 0.555. The van der Waals surface area contributed by atoms with Crippen LogP contribution in [0.2, 0.25) is 0 Å². The van der Waals surface area contributed by atoms with Gasteiger partial charge in [-0.05, 0) is 25.2 Å². The molecule has 1 rings (SSSR count). The molecule has 3 heteroatoms. The Bertz CT molecular complexity index is 176. The van der Waals surface area contributed by atoms with Crippen LogP contribution in [0.4, 0.5) is 0 Å². The normalized spacial score (nSPS) is 22.0. The fourth-order valence-corrected chi connectivity index (χ4v) is 1.88. The monoisotopic (exact) mass is 198 g/mol. The number of hydrogen-bond donors (Lipinski definition) is 1. The maximum Gasteiger partial charge on any atom is 0.0955 e. The van der Waals surface area contributed by atoms with Crippen LogP contribution in [0.15, 0.2) is 0 Å². The predicted octanol–water partition coefficient (Wildman–Crippen LogP) is 2.12. The molecular formula is C11H22N2O. The van der Waals surface area contributed by atoms with Gasteiger partial charge in [-0.2, -0.15) is 0 Å². The Balaban J connectivity index is 2.24. The minimum absolute atomic E-state index is 0.631. The molecule has 82 valence electrons. The van der Waals surface area contributed by atoms with E-state index < -0.39 is 0 Å². The molecule has 0 spiro atoms. The fraction of sp³-hybridized carbons (Fsp3) is 0.909. The average molecular weight is 198 g/mol. The van der Waals surface area contributed by atoms with Crippen LogP contribution in [0.1, 0.15) is 32.6 Å². The van der Waals surface area contributed by atoms with Crippen molar-refractivity contribution >= 4 is 5.84 Å². The highest BCUT2D eigenvalue weighted by atomic mass is 16.5. The summed E-state index contributed by atoms with van der Waals surface area (Å²) < 4.78 is 5.43. The molecule has 0 aliphatic carbocycles. The van der Waals surface area contributed by atoms with Gasteiger partial charge in [0.1, 0.15) is 0 Å². The number of amidine groups is 1. The summed E-state index contributed by atoms with van der Waals surface area (Å²) in [5.74, 6) is 1.39. The number of rotatable bonds is 4. The second-order valence-corrected chi connectivity index (χ2v) is 4.16. The third kappa shape index (κ3) is 3.66. The van der Waals surface area contributed by atoms with E-state index in [2.05, 4.69) is 11.8 Å². The second-order valence-electron chi connectivity index (χ2n) is 4.16. The Morgan fingerprint density at radius 1 is 1.57 bits per heavy atom. The van der Waals surface area contributed by atoms with Crippen LogP contribution < -0.4 is 0 Å². The third-order valence-corrected chi connectivity index (χ3v) is 2.73. The molecule has 1 aliphatic rings. The lowest BCUT2D eigenvalue weighted by atomic mass is 10.0. The minimum atomic E-state index is 0.631. The summed E-state index contributed by atoms with van der Waals surface area (Å²) in [7, 11) is 2.02. The van der Waals surface area contributed by atoms with Gasteiger partial charge in [0, 0.05) is 26.6 Å². The topological polar surface area (TPSA) is 36.3 Å². The van der Waals surface area contributed by atoms with E-state index in [1.54, 1.807) is 0 Å². The number of ether oxygens (including phenoxy) is 1. The van der Waals surface area contributed by atoms with Crippen molar-refractivity contribution in [2.45, 2.75) is 32.6 Å². The SMILES string of the molecule is CCCC(=N)N(C)CC1CCCOC1. The van der Waals surface area contributed by atoms with Gasteiger partial charge in [-0.15, -0.1) is 0 Å². The summed E-state index contributed by atoms with van der Waals surface area (Å²) in [4.78, 5) is 2.07. The van der Waals surface area contributed by atoms with Crippen LogP contribution in [0.25, 0.3) is 0 Å². The van der Waals surface area contributed by atoms with Crippen molar-refractivity contribution in [1.29, 1.82) is 5.41 Å². The van der Waals surface area contributed by atoms with E-state index in [1.165, 1.54) is 12.8 Å². The van der Waals surface area contributed by atoms with Crippen molar-refractivity contribution < 1.29 is 4.74 Å². The molecule has 0 aromatic rings. The molecular weight excluding hydrogens is 176 g/mol. The van der Waals surface area contributed by atoms with Crippen molar-refractivity contribution in [3.63, 3.8) is 0 Å². The minimum Gasteiger partial charge on any atom is -0.381 e. The van der Waals surface area contributed by atoms with Gasteiger partial charge < -0.3 is 9.64 Å². The van der Waals surface area contributed by atoms with E-state index in [9.17, 15) is 0 Å². The molecule has 1 saturated heterocycles. The predicted molar refractivity (Wildman–Crippen MR) is 58.8 cm³/mol. The van der Waals surface area contributed by atoms with E-state index in [-0.39, 0.29) is 0 Å². The molecule has 0 amide bonds. The molecule has 0 saturated carbocycles. The summed E-state index contributed by atoms with van der Waals surface area (Å²) >= 11 is 0. The van der Waals surface area contributed by atoms with Gasteiger partial charge in [-0.3, -0.25) is 5.41 Å². The van der Waals surface area contributed by atoms with E-state index in [0.717, 1.165) is 38.4 Å². The largest absolute Gasteiger partial charge is 0.381 e. The Kier molecular flexibility index (Phi) is 4.94.